The fraction of sp³-hybridized carbons (Fsp3) is 0.375. The third-order valence-electron chi connectivity index (χ3n) is 7.90. The predicted molar refractivity (Wildman–Crippen MR) is 178 cm³/mol. The van der Waals surface area contributed by atoms with E-state index in [1.807, 2.05) is 32.3 Å². The second kappa shape index (κ2) is 12.9. The zero-order chi connectivity index (χ0) is 30.7. The third-order valence-corrected chi connectivity index (χ3v) is 8.99. The molecule has 2 amide bonds. The number of anilines is 4. The van der Waals surface area contributed by atoms with Crippen LogP contribution in [0.25, 0.3) is 0 Å². The molecule has 2 unspecified atom stereocenters. The van der Waals surface area contributed by atoms with Crippen LogP contribution in [0.3, 0.4) is 0 Å². The SMILES string of the molecule is C=CC(=O)Nc1cc(NC2=NC(c3cccc(N(C)C)c3)C3SC=CC3=N2)c(OC)cc1N1CCC(C(=O)N(C)C)CC1. The van der Waals surface area contributed by atoms with Gasteiger partial charge in [-0.2, -0.15) is 0 Å². The highest BCUT2D eigenvalue weighted by molar-refractivity contribution is 8.04. The molecule has 1 fully saturated rings. The first-order valence-electron chi connectivity index (χ1n) is 14.3. The molecule has 11 heteroatoms. The van der Waals surface area contributed by atoms with Gasteiger partial charge in [0.2, 0.25) is 17.8 Å². The highest BCUT2D eigenvalue weighted by Crippen LogP contribution is 2.42. The number of amides is 2. The molecule has 3 aliphatic rings. The fourth-order valence-corrected chi connectivity index (χ4v) is 6.60. The first-order chi connectivity index (χ1) is 20.7. The molecular weight excluding hydrogens is 562 g/mol. The van der Waals surface area contributed by atoms with Gasteiger partial charge in [-0.05, 0) is 54.2 Å². The van der Waals surface area contributed by atoms with Crippen LogP contribution < -0.4 is 25.2 Å². The molecule has 2 aromatic carbocycles. The lowest BCUT2D eigenvalue weighted by Gasteiger charge is -2.35. The van der Waals surface area contributed by atoms with Gasteiger partial charge in [-0.25, -0.2) is 9.98 Å². The van der Waals surface area contributed by atoms with Crippen LogP contribution in [0.1, 0.15) is 24.4 Å². The molecule has 2 aromatic rings. The van der Waals surface area contributed by atoms with Crippen LogP contribution in [-0.4, -0.2) is 82.0 Å². The van der Waals surface area contributed by atoms with Crippen molar-refractivity contribution in [3.8, 4) is 5.75 Å². The van der Waals surface area contributed by atoms with Gasteiger partial charge in [-0.3, -0.25) is 9.59 Å². The monoisotopic (exact) mass is 601 g/mol. The molecule has 226 valence electrons. The van der Waals surface area contributed by atoms with E-state index in [0.29, 0.717) is 36.2 Å². The molecule has 2 N–H and O–H groups in total. The number of nitrogens with zero attached hydrogens (tertiary/aromatic N) is 5. The number of ether oxygens (including phenoxy) is 1. The number of thioether (sulfide) groups is 1. The lowest BCUT2D eigenvalue weighted by Crippen LogP contribution is -2.40. The number of carbonyl (C=O) groups is 2. The maximum absolute atomic E-state index is 12.5. The van der Waals surface area contributed by atoms with E-state index in [2.05, 4.69) is 56.7 Å². The Kier molecular flexibility index (Phi) is 9.10. The number of fused-ring (bicyclic) bond motifs is 1. The summed E-state index contributed by atoms with van der Waals surface area (Å²) in [6.45, 7) is 4.98. The maximum Gasteiger partial charge on any atom is 0.247 e. The number of guanidine groups is 1. The summed E-state index contributed by atoms with van der Waals surface area (Å²) >= 11 is 1.72. The minimum absolute atomic E-state index is 0.0123. The molecule has 10 nitrogen and oxygen atoms in total. The number of aliphatic imine (C=N–C) groups is 2. The van der Waals surface area contributed by atoms with E-state index in [0.717, 1.165) is 35.5 Å². The van der Waals surface area contributed by atoms with Crippen molar-refractivity contribution in [3.05, 3.63) is 66.1 Å². The second-order valence-corrected chi connectivity index (χ2v) is 12.2. The summed E-state index contributed by atoms with van der Waals surface area (Å²) in [4.78, 5) is 40.8. The van der Waals surface area contributed by atoms with Gasteiger partial charge in [0.05, 0.1) is 41.2 Å². The number of methoxy groups -OCH3 is 1. The van der Waals surface area contributed by atoms with Crippen LogP contribution >= 0.6 is 11.8 Å². The minimum atomic E-state index is -0.318. The van der Waals surface area contributed by atoms with Crippen LogP contribution in [0.2, 0.25) is 0 Å². The Morgan fingerprint density at radius 2 is 1.88 bits per heavy atom. The number of rotatable bonds is 8. The molecule has 0 spiro atoms. The summed E-state index contributed by atoms with van der Waals surface area (Å²) in [6, 6.07) is 12.0. The Bertz CT molecular complexity index is 1490. The van der Waals surface area contributed by atoms with E-state index >= 15 is 0 Å². The van der Waals surface area contributed by atoms with E-state index in [1.54, 1.807) is 37.9 Å². The number of piperidine rings is 1. The lowest BCUT2D eigenvalue weighted by atomic mass is 9.95. The van der Waals surface area contributed by atoms with E-state index in [9.17, 15) is 9.59 Å². The summed E-state index contributed by atoms with van der Waals surface area (Å²) in [6.07, 6.45) is 4.74. The zero-order valence-corrected chi connectivity index (χ0v) is 26.1. The van der Waals surface area contributed by atoms with Gasteiger partial charge in [0, 0.05) is 59.0 Å². The van der Waals surface area contributed by atoms with Crippen molar-refractivity contribution in [2.24, 2.45) is 15.9 Å². The highest BCUT2D eigenvalue weighted by Gasteiger charge is 2.34. The van der Waals surface area contributed by atoms with Gasteiger partial charge in [-0.15, -0.1) is 11.8 Å². The number of hydrogen-bond acceptors (Lipinski definition) is 9. The van der Waals surface area contributed by atoms with Crippen molar-refractivity contribution in [2.45, 2.75) is 24.1 Å². The third kappa shape index (κ3) is 6.56. The molecule has 5 rings (SSSR count). The first-order valence-corrected chi connectivity index (χ1v) is 15.3. The van der Waals surface area contributed by atoms with Crippen LogP contribution in [0.5, 0.6) is 5.75 Å². The number of hydrogen-bond donors (Lipinski definition) is 2. The van der Waals surface area contributed by atoms with E-state index in [1.165, 1.54) is 6.08 Å². The molecule has 0 bridgehead atoms. The Labute approximate surface area is 257 Å². The number of carbonyl (C=O) groups excluding carboxylic acids is 2. The van der Waals surface area contributed by atoms with E-state index in [-0.39, 0.29) is 29.0 Å². The first kappa shape index (κ1) is 30.2. The Balaban J connectivity index is 1.47. The van der Waals surface area contributed by atoms with Crippen molar-refractivity contribution in [1.29, 1.82) is 0 Å². The predicted octanol–water partition coefficient (Wildman–Crippen LogP) is 4.78. The highest BCUT2D eigenvalue weighted by atomic mass is 32.2. The normalized spacial score (nSPS) is 19.6. The molecule has 0 saturated carbocycles. The molecule has 0 radical (unpaired) electrons. The van der Waals surface area contributed by atoms with E-state index in [4.69, 9.17) is 14.7 Å². The van der Waals surface area contributed by atoms with Gasteiger partial charge in [0.15, 0.2) is 0 Å². The summed E-state index contributed by atoms with van der Waals surface area (Å²) in [5, 5.41) is 8.51. The van der Waals surface area contributed by atoms with Gasteiger partial charge < -0.3 is 30.1 Å². The average Bonchev–Trinajstić information content (AvgIpc) is 3.49. The molecule has 3 aliphatic heterocycles. The minimum Gasteiger partial charge on any atom is -0.494 e. The summed E-state index contributed by atoms with van der Waals surface area (Å²) in [5.74, 6) is 0.875. The topological polar surface area (TPSA) is 102 Å². The van der Waals surface area contributed by atoms with Crippen molar-refractivity contribution in [3.63, 3.8) is 0 Å². The Morgan fingerprint density at radius 1 is 1.12 bits per heavy atom. The second-order valence-electron chi connectivity index (χ2n) is 11.2. The van der Waals surface area contributed by atoms with Crippen molar-refractivity contribution >= 4 is 58.0 Å². The van der Waals surface area contributed by atoms with Crippen molar-refractivity contribution < 1.29 is 14.3 Å². The Morgan fingerprint density at radius 3 is 2.56 bits per heavy atom. The molecule has 43 heavy (non-hydrogen) atoms. The molecular formula is C32H39N7O3S. The standard InChI is InChI=1S/C32H39N7O3S/c1-7-28(40)33-24-18-25(27(42-6)19-26(24)39-14-11-20(12-15-39)31(41)38(4)5)35-32-34-23-13-16-43-30(23)29(36-32)21-9-8-10-22(17-21)37(2)3/h7-10,13,16-20,29-30H,1,11-12,14-15H2,2-6H3,(H,33,40)(H,35,36). The van der Waals surface area contributed by atoms with Gasteiger partial charge in [0.1, 0.15) is 5.75 Å². The average molecular weight is 602 g/mol. The smallest absolute Gasteiger partial charge is 0.247 e. The fourth-order valence-electron chi connectivity index (χ4n) is 5.58. The molecule has 2 atom stereocenters. The maximum atomic E-state index is 12.5. The van der Waals surface area contributed by atoms with Crippen LogP contribution in [0.15, 0.2) is 70.5 Å². The molecule has 0 aliphatic carbocycles. The van der Waals surface area contributed by atoms with Gasteiger partial charge in [0.25, 0.3) is 0 Å². The van der Waals surface area contributed by atoms with Crippen LogP contribution in [0.4, 0.5) is 22.7 Å². The van der Waals surface area contributed by atoms with Crippen molar-refractivity contribution in [2.75, 3.05) is 68.8 Å². The summed E-state index contributed by atoms with van der Waals surface area (Å²) < 4.78 is 5.83. The van der Waals surface area contributed by atoms with Crippen LogP contribution in [-0.2, 0) is 9.59 Å². The summed E-state index contributed by atoms with van der Waals surface area (Å²) in [5.41, 5.74) is 5.22. The molecule has 0 aromatic heterocycles. The lowest BCUT2D eigenvalue weighted by molar-refractivity contribution is -0.133. The van der Waals surface area contributed by atoms with Gasteiger partial charge >= 0.3 is 0 Å². The largest absolute Gasteiger partial charge is 0.494 e. The molecule has 1 saturated heterocycles. The zero-order valence-electron chi connectivity index (χ0n) is 25.3. The van der Waals surface area contributed by atoms with E-state index < -0.39 is 0 Å². The Hall–Kier alpha value is -4.25. The molecule has 3 heterocycles. The summed E-state index contributed by atoms with van der Waals surface area (Å²) in [7, 11) is 9.25. The number of allylic oxidation sites excluding steroid dienone is 1. The van der Waals surface area contributed by atoms with Crippen molar-refractivity contribution in [1.82, 2.24) is 4.90 Å². The number of nitrogens with one attached hydrogen (secondary N) is 2. The number of benzene rings is 2. The van der Waals surface area contributed by atoms with Gasteiger partial charge in [-0.1, -0.05) is 18.7 Å². The van der Waals surface area contributed by atoms with Crippen LogP contribution in [0, 0.1) is 5.92 Å². The quantitative estimate of drug-likeness (QED) is 0.420.